The summed E-state index contributed by atoms with van der Waals surface area (Å²) in [4.78, 5) is 27.1. The van der Waals surface area contributed by atoms with E-state index in [-0.39, 0.29) is 18.7 Å². The lowest BCUT2D eigenvalue weighted by Crippen LogP contribution is -2.42. The van der Waals surface area contributed by atoms with Crippen LogP contribution in [0.15, 0.2) is 54.7 Å². The Labute approximate surface area is 169 Å². The van der Waals surface area contributed by atoms with E-state index in [0.29, 0.717) is 13.0 Å². The number of carboxylic acid groups (broad SMARTS) is 1. The number of rotatable bonds is 10. The molecule has 3 rings (SSSR count). The predicted molar refractivity (Wildman–Crippen MR) is 112 cm³/mol. The van der Waals surface area contributed by atoms with E-state index in [1.54, 1.807) is 6.20 Å². The molecule has 0 aliphatic rings. The van der Waals surface area contributed by atoms with Gasteiger partial charge in [0.05, 0.1) is 6.61 Å². The third-order valence-corrected chi connectivity index (χ3v) is 4.77. The number of nitrogens with one attached hydrogen (secondary N) is 2. The van der Waals surface area contributed by atoms with Crippen molar-refractivity contribution in [2.75, 3.05) is 6.61 Å². The van der Waals surface area contributed by atoms with Crippen LogP contribution in [0.4, 0.5) is 0 Å². The zero-order chi connectivity index (χ0) is 20.6. The first-order valence-electron chi connectivity index (χ1n) is 9.85. The quantitative estimate of drug-likeness (QED) is 0.489. The lowest BCUT2D eigenvalue weighted by Gasteiger charge is -2.14. The zero-order valence-corrected chi connectivity index (χ0v) is 16.5. The van der Waals surface area contributed by atoms with Crippen LogP contribution in [0.3, 0.4) is 0 Å². The number of carbonyl (C=O) groups is 2. The second-order valence-electron chi connectivity index (χ2n) is 7.01. The molecule has 1 amide bonds. The van der Waals surface area contributed by atoms with Crippen molar-refractivity contribution in [2.45, 2.75) is 38.6 Å². The summed E-state index contributed by atoms with van der Waals surface area (Å²) < 4.78 is 5.55. The number of para-hydroxylation sites is 1. The van der Waals surface area contributed by atoms with Gasteiger partial charge >= 0.3 is 5.97 Å². The largest absolute Gasteiger partial charge is 0.494 e. The summed E-state index contributed by atoms with van der Waals surface area (Å²) in [5.41, 5.74) is 2.83. The number of hydrogen-bond acceptors (Lipinski definition) is 3. The number of fused-ring (bicyclic) bond motifs is 1. The van der Waals surface area contributed by atoms with Gasteiger partial charge in [0.25, 0.3) is 0 Å². The molecule has 1 aromatic heterocycles. The molecule has 0 radical (unpaired) electrons. The Balaban J connectivity index is 1.55. The molecule has 29 heavy (non-hydrogen) atoms. The molecule has 1 heterocycles. The van der Waals surface area contributed by atoms with Crippen LogP contribution in [-0.2, 0) is 22.4 Å². The molecule has 0 saturated heterocycles. The van der Waals surface area contributed by atoms with E-state index in [1.807, 2.05) is 48.5 Å². The number of H-pyrrole nitrogens is 1. The lowest BCUT2D eigenvalue weighted by molar-refractivity contribution is -0.141. The minimum atomic E-state index is -1.04. The maximum atomic E-state index is 12.3. The number of aromatic nitrogens is 1. The van der Waals surface area contributed by atoms with Gasteiger partial charge in [0.1, 0.15) is 11.8 Å². The highest BCUT2D eigenvalue weighted by atomic mass is 16.5. The van der Waals surface area contributed by atoms with Crippen molar-refractivity contribution < 1.29 is 19.4 Å². The normalized spacial score (nSPS) is 11.9. The van der Waals surface area contributed by atoms with Gasteiger partial charge in [0, 0.05) is 29.9 Å². The highest BCUT2D eigenvalue weighted by Crippen LogP contribution is 2.19. The first-order valence-corrected chi connectivity index (χ1v) is 9.85. The molecule has 0 bridgehead atoms. The molecule has 1 atom stereocenters. The number of aromatic amines is 1. The summed E-state index contributed by atoms with van der Waals surface area (Å²) in [6.45, 7) is 2.73. The van der Waals surface area contributed by atoms with Crippen LogP contribution in [0.25, 0.3) is 10.9 Å². The standard InChI is InChI=1S/C23H26N2O4/c1-2-13-29-18-10-7-16(8-11-18)9-12-22(26)25-21(23(27)28)14-17-15-24-20-6-4-3-5-19(17)20/h3-8,10-11,15,21,24H,2,9,12-14H2,1H3,(H,25,26)(H,27,28). The molecule has 0 spiro atoms. The average Bonchev–Trinajstić information content (AvgIpc) is 3.14. The second kappa shape index (κ2) is 9.78. The summed E-state index contributed by atoms with van der Waals surface area (Å²) in [7, 11) is 0. The van der Waals surface area contributed by atoms with Gasteiger partial charge < -0.3 is 20.1 Å². The van der Waals surface area contributed by atoms with Crippen molar-refractivity contribution in [3.05, 3.63) is 65.9 Å². The van der Waals surface area contributed by atoms with Crippen molar-refractivity contribution >= 4 is 22.8 Å². The van der Waals surface area contributed by atoms with Crippen molar-refractivity contribution in [1.82, 2.24) is 10.3 Å². The number of aryl methyl sites for hydroxylation is 1. The van der Waals surface area contributed by atoms with Crippen LogP contribution >= 0.6 is 0 Å². The van der Waals surface area contributed by atoms with Crippen LogP contribution in [0.5, 0.6) is 5.75 Å². The topological polar surface area (TPSA) is 91.4 Å². The van der Waals surface area contributed by atoms with E-state index >= 15 is 0 Å². The fourth-order valence-corrected chi connectivity index (χ4v) is 3.22. The molecule has 152 valence electrons. The van der Waals surface area contributed by atoms with E-state index in [9.17, 15) is 14.7 Å². The molecule has 0 aliphatic heterocycles. The molecule has 3 aromatic rings. The number of hydrogen-bond donors (Lipinski definition) is 3. The Hall–Kier alpha value is -3.28. The van der Waals surface area contributed by atoms with Gasteiger partial charge in [-0.25, -0.2) is 4.79 Å². The Morgan fingerprint density at radius 2 is 1.90 bits per heavy atom. The smallest absolute Gasteiger partial charge is 0.326 e. The van der Waals surface area contributed by atoms with Gasteiger partial charge in [-0.05, 0) is 42.2 Å². The van der Waals surface area contributed by atoms with Gasteiger partial charge in [0.15, 0.2) is 0 Å². The lowest BCUT2D eigenvalue weighted by atomic mass is 10.0. The average molecular weight is 394 g/mol. The summed E-state index contributed by atoms with van der Waals surface area (Å²) >= 11 is 0. The molecule has 6 nitrogen and oxygen atoms in total. The Kier molecular flexibility index (Phi) is 6.89. The van der Waals surface area contributed by atoms with Gasteiger partial charge in [-0.3, -0.25) is 4.79 Å². The number of aliphatic carboxylic acids is 1. The van der Waals surface area contributed by atoms with Crippen LogP contribution in [0.1, 0.15) is 30.9 Å². The minimum Gasteiger partial charge on any atom is -0.494 e. The van der Waals surface area contributed by atoms with Crippen molar-refractivity contribution in [3.8, 4) is 5.75 Å². The fraction of sp³-hybridized carbons (Fsp3) is 0.304. The summed E-state index contributed by atoms with van der Waals surface area (Å²) in [6, 6.07) is 14.4. The van der Waals surface area contributed by atoms with Crippen molar-refractivity contribution in [3.63, 3.8) is 0 Å². The van der Waals surface area contributed by atoms with Crippen LogP contribution in [0.2, 0.25) is 0 Å². The monoisotopic (exact) mass is 394 g/mol. The van der Waals surface area contributed by atoms with E-state index in [0.717, 1.165) is 34.2 Å². The molecular weight excluding hydrogens is 368 g/mol. The van der Waals surface area contributed by atoms with Crippen LogP contribution in [-0.4, -0.2) is 34.6 Å². The zero-order valence-electron chi connectivity index (χ0n) is 16.5. The molecule has 2 aromatic carbocycles. The van der Waals surface area contributed by atoms with Gasteiger partial charge in [-0.2, -0.15) is 0 Å². The van der Waals surface area contributed by atoms with E-state index in [4.69, 9.17) is 4.74 Å². The SMILES string of the molecule is CCCOc1ccc(CCC(=O)NC(Cc2c[nH]c3ccccc23)C(=O)O)cc1. The fourth-order valence-electron chi connectivity index (χ4n) is 3.22. The van der Waals surface area contributed by atoms with Gasteiger partial charge in [0.2, 0.25) is 5.91 Å². The highest BCUT2D eigenvalue weighted by Gasteiger charge is 2.21. The van der Waals surface area contributed by atoms with E-state index in [1.165, 1.54) is 0 Å². The number of carbonyl (C=O) groups excluding carboxylic acids is 1. The number of ether oxygens (including phenoxy) is 1. The minimum absolute atomic E-state index is 0.229. The Bertz CT molecular complexity index is 962. The van der Waals surface area contributed by atoms with Crippen LogP contribution < -0.4 is 10.1 Å². The molecule has 0 aliphatic carbocycles. The Morgan fingerprint density at radius 3 is 2.62 bits per heavy atom. The molecule has 0 saturated carbocycles. The molecule has 3 N–H and O–H groups in total. The van der Waals surface area contributed by atoms with Crippen molar-refractivity contribution in [1.29, 1.82) is 0 Å². The van der Waals surface area contributed by atoms with Crippen LogP contribution in [0, 0.1) is 0 Å². The number of carboxylic acids is 1. The summed E-state index contributed by atoms with van der Waals surface area (Å²) in [5.74, 6) is -0.505. The number of amides is 1. The molecular formula is C23H26N2O4. The maximum absolute atomic E-state index is 12.3. The molecule has 6 heteroatoms. The first kappa shape index (κ1) is 20.5. The summed E-state index contributed by atoms with van der Waals surface area (Å²) in [6.07, 6.45) is 3.75. The van der Waals surface area contributed by atoms with E-state index in [2.05, 4.69) is 17.2 Å². The Morgan fingerprint density at radius 1 is 1.14 bits per heavy atom. The maximum Gasteiger partial charge on any atom is 0.326 e. The third kappa shape index (κ3) is 5.60. The summed E-state index contributed by atoms with van der Waals surface area (Å²) in [5, 5.41) is 13.2. The number of benzene rings is 2. The van der Waals surface area contributed by atoms with E-state index < -0.39 is 12.0 Å². The third-order valence-electron chi connectivity index (χ3n) is 4.77. The van der Waals surface area contributed by atoms with Gasteiger partial charge in [-0.1, -0.05) is 37.3 Å². The first-order chi connectivity index (χ1) is 14.1. The van der Waals surface area contributed by atoms with Gasteiger partial charge in [-0.15, -0.1) is 0 Å². The molecule has 0 fully saturated rings. The van der Waals surface area contributed by atoms with Crippen molar-refractivity contribution in [2.24, 2.45) is 0 Å². The second-order valence-corrected chi connectivity index (χ2v) is 7.01. The molecule has 1 unspecified atom stereocenters. The predicted octanol–water partition coefficient (Wildman–Crippen LogP) is 3.70. The highest BCUT2D eigenvalue weighted by molar-refractivity contribution is 5.86.